The van der Waals surface area contributed by atoms with Crippen molar-refractivity contribution in [1.82, 2.24) is 0 Å². The highest BCUT2D eigenvalue weighted by Gasteiger charge is 2.26. The highest BCUT2D eigenvalue weighted by atomic mass is 16.5. The first-order valence-electron chi connectivity index (χ1n) is 6.71. The number of fused-ring (bicyclic) bond motifs is 1. The maximum atomic E-state index is 5.35. The van der Waals surface area contributed by atoms with Crippen LogP contribution in [0.25, 0.3) is 0 Å². The summed E-state index contributed by atoms with van der Waals surface area (Å²) >= 11 is 0. The van der Waals surface area contributed by atoms with Crippen LogP contribution in [0.4, 0.5) is 5.69 Å². The summed E-state index contributed by atoms with van der Waals surface area (Å²) in [6.45, 7) is 1.08. The van der Waals surface area contributed by atoms with Crippen LogP contribution < -0.4 is 9.64 Å². The first-order chi connectivity index (χ1) is 9.28. The SMILES string of the molecule is COc1ccc2c(c1)C(Cc1ccccc1)CN2C. The zero-order valence-electron chi connectivity index (χ0n) is 11.5. The van der Waals surface area contributed by atoms with Crippen LogP contribution in [0, 0.1) is 0 Å². The Labute approximate surface area is 114 Å². The number of methoxy groups -OCH3 is 1. The third-order valence-corrected chi connectivity index (χ3v) is 3.90. The molecule has 0 aromatic heterocycles. The molecule has 2 heteroatoms. The maximum Gasteiger partial charge on any atom is 0.119 e. The van der Waals surface area contributed by atoms with Crippen LogP contribution in [0.5, 0.6) is 5.75 Å². The average molecular weight is 253 g/mol. The molecule has 19 heavy (non-hydrogen) atoms. The van der Waals surface area contributed by atoms with Gasteiger partial charge in [0.05, 0.1) is 7.11 Å². The van der Waals surface area contributed by atoms with Gasteiger partial charge in [0.2, 0.25) is 0 Å². The molecule has 1 aliphatic heterocycles. The van der Waals surface area contributed by atoms with Crippen LogP contribution in [0.3, 0.4) is 0 Å². The fourth-order valence-electron chi connectivity index (χ4n) is 2.93. The first kappa shape index (κ1) is 12.1. The van der Waals surface area contributed by atoms with Crippen molar-refractivity contribution in [2.45, 2.75) is 12.3 Å². The van der Waals surface area contributed by atoms with Crippen molar-refractivity contribution in [3.8, 4) is 5.75 Å². The lowest BCUT2D eigenvalue weighted by molar-refractivity contribution is 0.414. The molecule has 0 saturated heterocycles. The molecular formula is C17H19NO. The number of benzene rings is 2. The van der Waals surface area contributed by atoms with Gasteiger partial charge in [0.1, 0.15) is 5.75 Å². The number of nitrogens with zero attached hydrogens (tertiary/aromatic N) is 1. The minimum atomic E-state index is 0.553. The molecule has 2 aromatic rings. The Hall–Kier alpha value is -1.96. The molecule has 0 spiro atoms. The van der Waals surface area contributed by atoms with E-state index in [-0.39, 0.29) is 0 Å². The Morgan fingerprint density at radius 3 is 2.68 bits per heavy atom. The standard InChI is InChI=1S/C17H19NO/c1-18-12-14(10-13-6-4-3-5-7-13)16-11-15(19-2)8-9-17(16)18/h3-9,11,14H,10,12H2,1-2H3. The molecule has 1 unspecified atom stereocenters. The largest absolute Gasteiger partial charge is 0.497 e. The number of rotatable bonds is 3. The molecule has 0 N–H and O–H groups in total. The molecule has 1 aliphatic rings. The summed E-state index contributed by atoms with van der Waals surface area (Å²) in [4.78, 5) is 2.34. The molecule has 1 atom stereocenters. The van der Waals surface area contributed by atoms with Gasteiger partial charge in [-0.25, -0.2) is 0 Å². The molecule has 2 aromatic carbocycles. The number of anilines is 1. The topological polar surface area (TPSA) is 12.5 Å². The van der Waals surface area contributed by atoms with Gasteiger partial charge in [0.15, 0.2) is 0 Å². The second kappa shape index (κ2) is 4.96. The number of ether oxygens (including phenoxy) is 1. The average Bonchev–Trinajstić information content (AvgIpc) is 2.76. The lowest BCUT2D eigenvalue weighted by Crippen LogP contribution is -2.16. The van der Waals surface area contributed by atoms with Crippen LogP contribution >= 0.6 is 0 Å². The van der Waals surface area contributed by atoms with E-state index in [1.54, 1.807) is 7.11 Å². The second-order valence-corrected chi connectivity index (χ2v) is 5.19. The summed E-state index contributed by atoms with van der Waals surface area (Å²) in [6, 6.07) is 17.1. The Balaban J connectivity index is 1.90. The lowest BCUT2D eigenvalue weighted by Gasteiger charge is -2.12. The number of hydrogen-bond donors (Lipinski definition) is 0. The van der Waals surface area contributed by atoms with E-state index < -0.39 is 0 Å². The minimum Gasteiger partial charge on any atom is -0.497 e. The second-order valence-electron chi connectivity index (χ2n) is 5.19. The van der Waals surface area contributed by atoms with Gasteiger partial charge in [-0.3, -0.25) is 0 Å². The van der Waals surface area contributed by atoms with E-state index in [4.69, 9.17) is 4.74 Å². The fourth-order valence-corrected chi connectivity index (χ4v) is 2.93. The van der Waals surface area contributed by atoms with E-state index in [0.29, 0.717) is 5.92 Å². The van der Waals surface area contributed by atoms with Gasteiger partial charge in [0.25, 0.3) is 0 Å². The van der Waals surface area contributed by atoms with Crippen LogP contribution in [-0.4, -0.2) is 20.7 Å². The Kier molecular flexibility index (Phi) is 3.16. The van der Waals surface area contributed by atoms with Crippen LogP contribution in [-0.2, 0) is 6.42 Å². The highest BCUT2D eigenvalue weighted by molar-refractivity contribution is 5.62. The minimum absolute atomic E-state index is 0.553. The fraction of sp³-hybridized carbons (Fsp3) is 0.294. The molecule has 98 valence electrons. The molecular weight excluding hydrogens is 234 g/mol. The summed E-state index contributed by atoms with van der Waals surface area (Å²) in [5, 5.41) is 0. The lowest BCUT2D eigenvalue weighted by atomic mass is 9.94. The van der Waals surface area contributed by atoms with E-state index >= 15 is 0 Å². The summed E-state index contributed by atoms with van der Waals surface area (Å²) < 4.78 is 5.35. The molecule has 2 nitrogen and oxygen atoms in total. The Morgan fingerprint density at radius 2 is 1.95 bits per heavy atom. The van der Waals surface area contributed by atoms with Crippen molar-refractivity contribution in [3.05, 3.63) is 59.7 Å². The summed E-state index contributed by atoms with van der Waals surface area (Å²) in [6.07, 6.45) is 1.09. The van der Waals surface area contributed by atoms with E-state index in [0.717, 1.165) is 18.7 Å². The molecule has 0 saturated carbocycles. The normalized spacial score (nSPS) is 17.4. The zero-order chi connectivity index (χ0) is 13.2. The van der Waals surface area contributed by atoms with Crippen molar-refractivity contribution < 1.29 is 4.74 Å². The zero-order valence-corrected chi connectivity index (χ0v) is 11.5. The molecule has 3 rings (SSSR count). The van der Waals surface area contributed by atoms with Crippen molar-refractivity contribution in [3.63, 3.8) is 0 Å². The van der Waals surface area contributed by atoms with Gasteiger partial charge in [-0.05, 0) is 35.7 Å². The molecule has 1 heterocycles. The van der Waals surface area contributed by atoms with E-state index in [9.17, 15) is 0 Å². The van der Waals surface area contributed by atoms with Crippen molar-refractivity contribution >= 4 is 5.69 Å². The molecule has 0 amide bonds. The van der Waals surface area contributed by atoms with E-state index in [1.807, 2.05) is 6.07 Å². The highest BCUT2D eigenvalue weighted by Crippen LogP contribution is 2.39. The van der Waals surface area contributed by atoms with Gasteiger partial charge in [-0.15, -0.1) is 0 Å². The van der Waals surface area contributed by atoms with Crippen molar-refractivity contribution in [1.29, 1.82) is 0 Å². The van der Waals surface area contributed by atoms with Gasteiger partial charge < -0.3 is 9.64 Å². The third-order valence-electron chi connectivity index (χ3n) is 3.90. The summed E-state index contributed by atoms with van der Waals surface area (Å²) in [5.74, 6) is 1.50. The van der Waals surface area contributed by atoms with Gasteiger partial charge in [-0.2, -0.15) is 0 Å². The van der Waals surface area contributed by atoms with Gasteiger partial charge in [0, 0.05) is 25.2 Å². The maximum absolute atomic E-state index is 5.35. The van der Waals surface area contributed by atoms with Crippen molar-refractivity contribution in [2.24, 2.45) is 0 Å². The first-order valence-corrected chi connectivity index (χ1v) is 6.71. The van der Waals surface area contributed by atoms with Gasteiger partial charge >= 0.3 is 0 Å². The van der Waals surface area contributed by atoms with E-state index in [1.165, 1.54) is 16.8 Å². The quantitative estimate of drug-likeness (QED) is 0.830. The molecule has 0 aliphatic carbocycles. The molecule has 0 fully saturated rings. The number of likely N-dealkylation sites (N-methyl/N-ethyl adjacent to an activating group) is 1. The van der Waals surface area contributed by atoms with Crippen LogP contribution in [0.1, 0.15) is 17.0 Å². The third kappa shape index (κ3) is 2.30. The van der Waals surface area contributed by atoms with Crippen LogP contribution in [0.15, 0.2) is 48.5 Å². The van der Waals surface area contributed by atoms with Gasteiger partial charge in [-0.1, -0.05) is 30.3 Å². The Bertz CT molecular complexity index is 565. The monoisotopic (exact) mass is 253 g/mol. The van der Waals surface area contributed by atoms with Crippen molar-refractivity contribution in [2.75, 3.05) is 25.6 Å². The Morgan fingerprint density at radius 1 is 1.16 bits per heavy atom. The summed E-state index contributed by atoms with van der Waals surface area (Å²) in [7, 11) is 3.89. The predicted octanol–water partition coefficient (Wildman–Crippen LogP) is 3.47. The molecule has 0 bridgehead atoms. The predicted molar refractivity (Wildman–Crippen MR) is 79.2 cm³/mol. The smallest absolute Gasteiger partial charge is 0.119 e. The van der Waals surface area contributed by atoms with E-state index in [2.05, 4.69) is 54.4 Å². The van der Waals surface area contributed by atoms with Crippen LogP contribution in [0.2, 0.25) is 0 Å². The number of hydrogen-bond acceptors (Lipinski definition) is 2. The molecule has 0 radical (unpaired) electrons. The summed E-state index contributed by atoms with van der Waals surface area (Å²) in [5.41, 5.74) is 4.14.